The first kappa shape index (κ1) is 14.0. The van der Waals surface area contributed by atoms with Gasteiger partial charge < -0.3 is 19.9 Å². The minimum Gasteiger partial charge on any atom is -0.508 e. The van der Waals surface area contributed by atoms with Gasteiger partial charge in [-0.2, -0.15) is 0 Å². The molecule has 0 saturated heterocycles. The first-order valence-corrected chi connectivity index (χ1v) is 6.06. The number of methoxy groups -OCH3 is 2. The first-order chi connectivity index (χ1) is 9.60. The summed E-state index contributed by atoms with van der Waals surface area (Å²) in [5.74, 6) is 0.762. The summed E-state index contributed by atoms with van der Waals surface area (Å²) < 4.78 is 23.5. The van der Waals surface area contributed by atoms with Crippen LogP contribution in [0.1, 0.15) is 5.56 Å². The minimum absolute atomic E-state index is 0.0926. The highest BCUT2D eigenvalue weighted by molar-refractivity contribution is 5.54. The molecule has 2 aromatic rings. The van der Waals surface area contributed by atoms with Gasteiger partial charge in [-0.1, -0.05) is 0 Å². The number of aromatic hydroxyl groups is 1. The van der Waals surface area contributed by atoms with Crippen LogP contribution in [0.3, 0.4) is 0 Å². The van der Waals surface area contributed by atoms with E-state index in [1.54, 1.807) is 20.3 Å². The summed E-state index contributed by atoms with van der Waals surface area (Å²) in [6.07, 6.45) is 0. The van der Waals surface area contributed by atoms with Crippen LogP contribution in [0.5, 0.6) is 17.2 Å². The molecule has 2 aromatic carbocycles. The van der Waals surface area contributed by atoms with Gasteiger partial charge in [0.2, 0.25) is 0 Å². The molecule has 0 saturated carbocycles. The van der Waals surface area contributed by atoms with E-state index in [1.165, 1.54) is 12.1 Å². The lowest BCUT2D eigenvalue weighted by atomic mass is 10.2. The number of hydrogen-bond donors (Lipinski definition) is 2. The van der Waals surface area contributed by atoms with Crippen LogP contribution >= 0.6 is 0 Å². The van der Waals surface area contributed by atoms with E-state index in [-0.39, 0.29) is 5.75 Å². The van der Waals surface area contributed by atoms with E-state index in [0.29, 0.717) is 23.6 Å². The van der Waals surface area contributed by atoms with Crippen LogP contribution in [0.15, 0.2) is 36.4 Å². The molecule has 0 spiro atoms. The standard InChI is InChI=1S/C15H16FNO3/c1-19-14-6-12(7-15(8-14)20-2)17-9-10-3-11(16)5-13(18)4-10/h3-8,17-18H,9H2,1-2H3. The van der Waals surface area contributed by atoms with Crippen LogP contribution < -0.4 is 14.8 Å². The van der Waals surface area contributed by atoms with Crippen molar-refractivity contribution in [3.8, 4) is 17.2 Å². The van der Waals surface area contributed by atoms with Gasteiger partial charge in [0.1, 0.15) is 23.1 Å². The summed E-state index contributed by atoms with van der Waals surface area (Å²) in [6, 6.07) is 9.32. The summed E-state index contributed by atoms with van der Waals surface area (Å²) in [5, 5.41) is 12.5. The molecule has 0 aliphatic rings. The number of hydrogen-bond acceptors (Lipinski definition) is 4. The number of phenolic OH excluding ortho intramolecular Hbond substituents is 1. The SMILES string of the molecule is COc1cc(NCc2cc(O)cc(F)c2)cc(OC)c1. The molecular formula is C15H16FNO3. The zero-order valence-corrected chi connectivity index (χ0v) is 11.3. The van der Waals surface area contributed by atoms with Gasteiger partial charge in [-0.15, -0.1) is 0 Å². The fraction of sp³-hybridized carbons (Fsp3) is 0.200. The number of benzene rings is 2. The van der Waals surface area contributed by atoms with Crippen molar-refractivity contribution < 1.29 is 19.0 Å². The maximum atomic E-state index is 13.2. The summed E-state index contributed by atoms with van der Waals surface area (Å²) >= 11 is 0. The molecule has 0 heterocycles. The van der Waals surface area contributed by atoms with Crippen LogP contribution in [0.25, 0.3) is 0 Å². The topological polar surface area (TPSA) is 50.7 Å². The first-order valence-electron chi connectivity index (χ1n) is 6.06. The predicted octanol–water partition coefficient (Wildman–Crippen LogP) is 3.16. The van der Waals surface area contributed by atoms with Crippen LogP contribution in [0.4, 0.5) is 10.1 Å². The van der Waals surface area contributed by atoms with Gasteiger partial charge in [0, 0.05) is 36.5 Å². The lowest BCUT2D eigenvalue weighted by Crippen LogP contribution is -2.00. The van der Waals surface area contributed by atoms with E-state index in [0.717, 1.165) is 11.8 Å². The number of phenols is 1. The Bertz CT molecular complexity index is 559. The van der Waals surface area contributed by atoms with Gasteiger partial charge in [0.25, 0.3) is 0 Å². The Labute approximate surface area is 116 Å². The van der Waals surface area contributed by atoms with Gasteiger partial charge in [0.05, 0.1) is 14.2 Å². The Kier molecular flexibility index (Phi) is 4.30. The highest BCUT2D eigenvalue weighted by atomic mass is 19.1. The van der Waals surface area contributed by atoms with Gasteiger partial charge in [0.15, 0.2) is 0 Å². The molecule has 106 valence electrons. The fourth-order valence-corrected chi connectivity index (χ4v) is 1.85. The third-order valence-corrected chi connectivity index (χ3v) is 2.79. The largest absolute Gasteiger partial charge is 0.508 e. The molecule has 2 rings (SSSR count). The number of nitrogens with one attached hydrogen (secondary N) is 1. The lowest BCUT2D eigenvalue weighted by molar-refractivity contribution is 0.394. The average molecular weight is 277 g/mol. The molecule has 5 heteroatoms. The minimum atomic E-state index is -0.468. The van der Waals surface area contributed by atoms with Crippen LogP contribution in [0.2, 0.25) is 0 Å². The second-order valence-electron chi connectivity index (χ2n) is 4.27. The molecule has 0 unspecified atom stereocenters. The third kappa shape index (κ3) is 3.54. The summed E-state index contributed by atoms with van der Waals surface area (Å²) in [4.78, 5) is 0. The molecule has 0 aliphatic carbocycles. The van der Waals surface area contributed by atoms with Crippen LogP contribution in [-0.2, 0) is 6.54 Å². The molecule has 0 aromatic heterocycles. The quantitative estimate of drug-likeness (QED) is 0.881. The zero-order chi connectivity index (χ0) is 14.5. The van der Waals surface area contributed by atoms with E-state index in [4.69, 9.17) is 9.47 Å². The molecule has 0 bridgehead atoms. The van der Waals surface area contributed by atoms with Crippen molar-refractivity contribution in [1.82, 2.24) is 0 Å². The fourth-order valence-electron chi connectivity index (χ4n) is 1.85. The maximum absolute atomic E-state index is 13.2. The summed E-state index contributed by atoms with van der Waals surface area (Å²) in [6.45, 7) is 0.377. The smallest absolute Gasteiger partial charge is 0.127 e. The maximum Gasteiger partial charge on any atom is 0.127 e. The Morgan fingerprint density at radius 2 is 1.65 bits per heavy atom. The van der Waals surface area contributed by atoms with Crippen molar-refractivity contribution in [2.45, 2.75) is 6.54 Å². The van der Waals surface area contributed by atoms with Gasteiger partial charge in [-0.25, -0.2) is 4.39 Å². The van der Waals surface area contributed by atoms with Gasteiger partial charge in [-0.3, -0.25) is 0 Å². The number of anilines is 1. The molecule has 4 nitrogen and oxygen atoms in total. The molecule has 0 amide bonds. The molecule has 0 aliphatic heterocycles. The molecule has 0 radical (unpaired) electrons. The molecule has 20 heavy (non-hydrogen) atoms. The molecule has 2 N–H and O–H groups in total. The Morgan fingerprint density at radius 3 is 2.20 bits per heavy atom. The second-order valence-corrected chi connectivity index (χ2v) is 4.27. The van der Waals surface area contributed by atoms with E-state index >= 15 is 0 Å². The Morgan fingerprint density at radius 1 is 1.00 bits per heavy atom. The summed E-state index contributed by atoms with van der Waals surface area (Å²) in [5.41, 5.74) is 1.43. The summed E-state index contributed by atoms with van der Waals surface area (Å²) in [7, 11) is 3.15. The normalized spacial score (nSPS) is 10.2. The van der Waals surface area contributed by atoms with Crippen molar-refractivity contribution in [3.05, 3.63) is 47.8 Å². The zero-order valence-electron chi connectivity index (χ0n) is 11.3. The molecular weight excluding hydrogens is 261 g/mol. The highest BCUT2D eigenvalue weighted by Crippen LogP contribution is 2.26. The monoisotopic (exact) mass is 277 g/mol. The molecule has 0 fully saturated rings. The average Bonchev–Trinajstić information content (AvgIpc) is 2.43. The van der Waals surface area contributed by atoms with Crippen molar-refractivity contribution in [1.29, 1.82) is 0 Å². The molecule has 0 atom stereocenters. The van der Waals surface area contributed by atoms with Crippen LogP contribution in [-0.4, -0.2) is 19.3 Å². The van der Waals surface area contributed by atoms with E-state index in [9.17, 15) is 9.50 Å². The van der Waals surface area contributed by atoms with Crippen molar-refractivity contribution in [2.24, 2.45) is 0 Å². The van der Waals surface area contributed by atoms with E-state index in [2.05, 4.69) is 5.32 Å². The predicted molar refractivity (Wildman–Crippen MR) is 74.9 cm³/mol. The van der Waals surface area contributed by atoms with E-state index < -0.39 is 5.82 Å². The van der Waals surface area contributed by atoms with E-state index in [1.807, 2.05) is 12.1 Å². The number of halogens is 1. The van der Waals surface area contributed by atoms with Crippen molar-refractivity contribution in [3.63, 3.8) is 0 Å². The van der Waals surface area contributed by atoms with Crippen molar-refractivity contribution >= 4 is 5.69 Å². The van der Waals surface area contributed by atoms with Crippen LogP contribution in [0, 0.1) is 5.82 Å². The van der Waals surface area contributed by atoms with Gasteiger partial charge in [-0.05, 0) is 17.7 Å². The number of rotatable bonds is 5. The Hall–Kier alpha value is -2.43. The Balaban J connectivity index is 2.13. The van der Waals surface area contributed by atoms with Gasteiger partial charge >= 0.3 is 0 Å². The highest BCUT2D eigenvalue weighted by Gasteiger charge is 2.03. The third-order valence-electron chi connectivity index (χ3n) is 2.79. The van der Waals surface area contributed by atoms with Crippen molar-refractivity contribution in [2.75, 3.05) is 19.5 Å². The lowest BCUT2D eigenvalue weighted by Gasteiger charge is -2.11. The second kappa shape index (κ2) is 6.14. The number of ether oxygens (including phenoxy) is 2.